The number of hydrogen-bond donors (Lipinski definition) is 2. The summed E-state index contributed by atoms with van der Waals surface area (Å²) in [5.41, 5.74) is 1.37. The van der Waals surface area contributed by atoms with E-state index in [4.69, 9.17) is 32.7 Å². The van der Waals surface area contributed by atoms with Crippen LogP contribution in [0.4, 0.5) is 11.4 Å². The van der Waals surface area contributed by atoms with Gasteiger partial charge in [0.1, 0.15) is 12.4 Å². The number of ether oxygens (including phenoxy) is 2. The molecule has 0 atom stereocenters. The van der Waals surface area contributed by atoms with Gasteiger partial charge in [-0.3, -0.25) is 4.79 Å². The van der Waals surface area contributed by atoms with Crippen LogP contribution in [-0.4, -0.2) is 32.3 Å². The lowest BCUT2D eigenvalue weighted by Crippen LogP contribution is -2.21. The molecule has 134 valence electrons. The largest absolute Gasteiger partial charge is 0.491 e. The molecular weight excluding hydrogens is 363 g/mol. The number of nitrogens with one attached hydrogen (secondary N) is 2. The van der Waals surface area contributed by atoms with Crippen LogP contribution in [0.25, 0.3) is 0 Å². The van der Waals surface area contributed by atoms with Crippen molar-refractivity contribution in [3.63, 3.8) is 0 Å². The fraction of sp³-hybridized carbons (Fsp3) is 0.278. The second-order valence-electron chi connectivity index (χ2n) is 5.13. The number of anilines is 2. The minimum Gasteiger partial charge on any atom is -0.491 e. The number of hydrogen-bond acceptors (Lipinski definition) is 4. The molecule has 0 fully saturated rings. The van der Waals surface area contributed by atoms with Gasteiger partial charge in [-0.25, -0.2) is 0 Å². The predicted octanol–water partition coefficient (Wildman–Crippen LogP) is 4.46. The highest BCUT2D eigenvalue weighted by atomic mass is 35.5. The maximum Gasteiger partial charge on any atom is 0.243 e. The van der Waals surface area contributed by atoms with Crippen molar-refractivity contribution in [3.05, 3.63) is 52.5 Å². The standard InChI is InChI=1S/C18H20Cl2N2O3/c1-2-24-7-8-25-17-5-3-15(4-6-17)22-18(23)12-21-16-10-13(19)9-14(20)11-16/h3-6,9-11,21H,2,7-8,12H2,1H3,(H,22,23). The van der Waals surface area contributed by atoms with E-state index < -0.39 is 0 Å². The van der Waals surface area contributed by atoms with Gasteiger partial charge in [-0.2, -0.15) is 0 Å². The fourth-order valence-corrected chi connectivity index (χ4v) is 2.57. The molecule has 0 saturated carbocycles. The van der Waals surface area contributed by atoms with Gasteiger partial charge in [0.15, 0.2) is 0 Å². The SMILES string of the molecule is CCOCCOc1ccc(NC(=O)CNc2cc(Cl)cc(Cl)c2)cc1. The van der Waals surface area contributed by atoms with Gasteiger partial charge in [0, 0.05) is 28.0 Å². The molecule has 2 N–H and O–H groups in total. The predicted molar refractivity (Wildman–Crippen MR) is 102 cm³/mol. The normalized spacial score (nSPS) is 10.4. The van der Waals surface area contributed by atoms with Crippen molar-refractivity contribution in [2.75, 3.05) is 37.0 Å². The van der Waals surface area contributed by atoms with Crippen LogP contribution in [-0.2, 0) is 9.53 Å². The lowest BCUT2D eigenvalue weighted by atomic mass is 10.3. The Morgan fingerprint density at radius 3 is 2.32 bits per heavy atom. The molecule has 2 aromatic carbocycles. The summed E-state index contributed by atoms with van der Waals surface area (Å²) in [4.78, 5) is 12.0. The number of halogens is 2. The zero-order valence-electron chi connectivity index (χ0n) is 13.9. The Bertz CT molecular complexity index is 673. The average molecular weight is 383 g/mol. The summed E-state index contributed by atoms with van der Waals surface area (Å²) in [5.74, 6) is 0.547. The molecule has 25 heavy (non-hydrogen) atoms. The van der Waals surface area contributed by atoms with Crippen LogP contribution in [0.3, 0.4) is 0 Å². The maximum absolute atomic E-state index is 12.0. The summed E-state index contributed by atoms with van der Waals surface area (Å²) in [6, 6.07) is 12.2. The highest BCUT2D eigenvalue weighted by molar-refractivity contribution is 6.35. The van der Waals surface area contributed by atoms with Gasteiger partial charge in [0.05, 0.1) is 13.2 Å². The van der Waals surface area contributed by atoms with E-state index in [-0.39, 0.29) is 12.5 Å². The Morgan fingerprint density at radius 1 is 1.00 bits per heavy atom. The first kappa shape index (κ1) is 19.4. The number of amides is 1. The Labute approximate surface area is 157 Å². The van der Waals surface area contributed by atoms with Gasteiger partial charge < -0.3 is 20.1 Å². The molecule has 0 bridgehead atoms. The van der Waals surface area contributed by atoms with Crippen LogP contribution in [0.2, 0.25) is 10.0 Å². The molecule has 1 amide bonds. The fourth-order valence-electron chi connectivity index (χ4n) is 2.04. The van der Waals surface area contributed by atoms with E-state index in [1.165, 1.54) is 0 Å². The molecule has 0 aromatic heterocycles. The quantitative estimate of drug-likeness (QED) is 0.628. The minimum atomic E-state index is -0.180. The maximum atomic E-state index is 12.0. The van der Waals surface area contributed by atoms with Crippen molar-refractivity contribution in [2.45, 2.75) is 6.92 Å². The van der Waals surface area contributed by atoms with Crippen LogP contribution in [0.5, 0.6) is 5.75 Å². The Hall–Kier alpha value is -1.95. The van der Waals surface area contributed by atoms with E-state index >= 15 is 0 Å². The van der Waals surface area contributed by atoms with Crippen LogP contribution in [0, 0.1) is 0 Å². The topological polar surface area (TPSA) is 59.6 Å². The summed E-state index contributed by atoms with van der Waals surface area (Å²) in [7, 11) is 0. The molecule has 0 aliphatic rings. The molecule has 5 nitrogen and oxygen atoms in total. The van der Waals surface area contributed by atoms with Crippen molar-refractivity contribution in [3.8, 4) is 5.75 Å². The van der Waals surface area contributed by atoms with Gasteiger partial charge in [-0.05, 0) is 49.4 Å². The van der Waals surface area contributed by atoms with E-state index in [2.05, 4.69) is 10.6 Å². The first-order valence-corrected chi connectivity index (χ1v) is 8.63. The Morgan fingerprint density at radius 2 is 1.68 bits per heavy atom. The van der Waals surface area contributed by atoms with Gasteiger partial charge in [-0.1, -0.05) is 23.2 Å². The molecule has 0 unspecified atom stereocenters. The lowest BCUT2D eigenvalue weighted by Gasteiger charge is -2.10. The second-order valence-corrected chi connectivity index (χ2v) is 6.00. The molecule has 0 aliphatic heterocycles. The lowest BCUT2D eigenvalue weighted by molar-refractivity contribution is -0.114. The van der Waals surface area contributed by atoms with Gasteiger partial charge in [0.2, 0.25) is 5.91 Å². The van der Waals surface area contributed by atoms with Crippen molar-refractivity contribution in [1.29, 1.82) is 0 Å². The van der Waals surface area contributed by atoms with Crippen molar-refractivity contribution < 1.29 is 14.3 Å². The molecule has 0 aliphatic carbocycles. The van der Waals surface area contributed by atoms with E-state index in [0.717, 1.165) is 5.75 Å². The van der Waals surface area contributed by atoms with Crippen LogP contribution in [0.15, 0.2) is 42.5 Å². The van der Waals surface area contributed by atoms with Gasteiger partial charge >= 0.3 is 0 Å². The van der Waals surface area contributed by atoms with E-state index in [9.17, 15) is 4.79 Å². The molecule has 0 saturated heterocycles. The summed E-state index contributed by atoms with van der Waals surface area (Å²) in [6.45, 7) is 3.75. The summed E-state index contributed by atoms with van der Waals surface area (Å²) < 4.78 is 10.7. The van der Waals surface area contributed by atoms with Crippen molar-refractivity contribution >= 4 is 40.5 Å². The zero-order chi connectivity index (χ0) is 18.1. The highest BCUT2D eigenvalue weighted by Gasteiger charge is 2.04. The minimum absolute atomic E-state index is 0.100. The molecule has 0 heterocycles. The van der Waals surface area contributed by atoms with Crippen molar-refractivity contribution in [2.24, 2.45) is 0 Å². The monoisotopic (exact) mass is 382 g/mol. The summed E-state index contributed by atoms with van der Waals surface area (Å²) in [5, 5.41) is 6.79. The van der Waals surface area contributed by atoms with Gasteiger partial charge in [0.25, 0.3) is 0 Å². The average Bonchev–Trinajstić information content (AvgIpc) is 2.58. The molecule has 0 radical (unpaired) electrons. The Kier molecular flexibility index (Phi) is 7.85. The van der Waals surface area contributed by atoms with Crippen LogP contribution in [0.1, 0.15) is 6.92 Å². The number of rotatable bonds is 9. The van der Waals surface area contributed by atoms with E-state index in [0.29, 0.717) is 41.2 Å². The van der Waals surface area contributed by atoms with Crippen LogP contribution < -0.4 is 15.4 Å². The summed E-state index contributed by atoms with van der Waals surface area (Å²) >= 11 is 11.8. The van der Waals surface area contributed by atoms with E-state index in [1.54, 1.807) is 42.5 Å². The molecule has 0 spiro atoms. The number of benzene rings is 2. The number of carbonyl (C=O) groups excluding carboxylic acids is 1. The smallest absolute Gasteiger partial charge is 0.243 e. The number of carbonyl (C=O) groups is 1. The Balaban J connectivity index is 1.78. The van der Waals surface area contributed by atoms with Gasteiger partial charge in [-0.15, -0.1) is 0 Å². The van der Waals surface area contributed by atoms with Crippen molar-refractivity contribution in [1.82, 2.24) is 0 Å². The highest BCUT2D eigenvalue weighted by Crippen LogP contribution is 2.22. The molecular formula is C18H20Cl2N2O3. The molecule has 7 heteroatoms. The molecule has 2 aromatic rings. The zero-order valence-corrected chi connectivity index (χ0v) is 15.4. The first-order valence-electron chi connectivity index (χ1n) is 7.87. The third-order valence-electron chi connectivity index (χ3n) is 3.15. The molecule has 2 rings (SSSR count). The summed E-state index contributed by atoms with van der Waals surface area (Å²) in [6.07, 6.45) is 0. The first-order chi connectivity index (χ1) is 12.1. The third-order valence-corrected chi connectivity index (χ3v) is 3.59. The van der Waals surface area contributed by atoms with E-state index in [1.807, 2.05) is 6.92 Å². The third kappa shape index (κ3) is 7.22. The second kappa shape index (κ2) is 10.1. The van der Waals surface area contributed by atoms with Crippen LogP contribution >= 0.6 is 23.2 Å².